The van der Waals surface area contributed by atoms with Gasteiger partial charge in [-0.3, -0.25) is 9.59 Å². The molecule has 1 heterocycles. The third-order valence-electron chi connectivity index (χ3n) is 2.87. The van der Waals surface area contributed by atoms with Crippen molar-refractivity contribution in [1.82, 2.24) is 0 Å². The average Bonchev–Trinajstić information content (AvgIpc) is 2.37. The molecular formula is C14H15NO2S. The molecule has 1 aromatic rings. The van der Waals surface area contributed by atoms with Crippen LogP contribution in [-0.2, 0) is 4.79 Å². The molecular weight excluding hydrogens is 246 g/mol. The molecule has 1 aliphatic heterocycles. The lowest BCUT2D eigenvalue weighted by molar-refractivity contribution is -0.116. The van der Waals surface area contributed by atoms with Crippen LogP contribution >= 0.6 is 11.8 Å². The second-order valence-corrected chi connectivity index (χ2v) is 5.17. The summed E-state index contributed by atoms with van der Waals surface area (Å²) in [6.45, 7) is 5.83. The SMILES string of the molecule is C=CCCN1C(=O)CSc2ccc(C(C)=O)cc21. The Labute approximate surface area is 111 Å². The van der Waals surface area contributed by atoms with E-state index in [1.807, 2.05) is 18.2 Å². The lowest BCUT2D eigenvalue weighted by Gasteiger charge is -2.29. The Bertz CT molecular complexity index is 511. The first-order chi connectivity index (χ1) is 8.63. The monoisotopic (exact) mass is 261 g/mol. The molecule has 1 aromatic carbocycles. The van der Waals surface area contributed by atoms with Crippen LogP contribution < -0.4 is 4.90 Å². The van der Waals surface area contributed by atoms with Crippen LogP contribution in [0.5, 0.6) is 0 Å². The number of fused-ring (bicyclic) bond motifs is 1. The number of rotatable bonds is 4. The number of Topliss-reactive ketones (excluding diaryl/α,β-unsaturated/α-hetero) is 1. The normalized spacial score (nSPS) is 14.3. The second-order valence-electron chi connectivity index (χ2n) is 4.15. The topological polar surface area (TPSA) is 37.4 Å². The molecule has 0 saturated carbocycles. The van der Waals surface area contributed by atoms with Gasteiger partial charge in [0.05, 0.1) is 11.4 Å². The fourth-order valence-electron chi connectivity index (χ4n) is 1.89. The molecule has 2 rings (SSSR count). The van der Waals surface area contributed by atoms with Gasteiger partial charge in [-0.25, -0.2) is 0 Å². The molecule has 0 radical (unpaired) electrons. The highest BCUT2D eigenvalue weighted by Gasteiger charge is 2.24. The minimum absolute atomic E-state index is 0.0180. The van der Waals surface area contributed by atoms with Crippen LogP contribution in [0, 0.1) is 0 Å². The summed E-state index contributed by atoms with van der Waals surface area (Å²) < 4.78 is 0. The summed E-state index contributed by atoms with van der Waals surface area (Å²) in [6.07, 6.45) is 2.55. The van der Waals surface area contributed by atoms with E-state index in [1.165, 1.54) is 18.7 Å². The van der Waals surface area contributed by atoms with Gasteiger partial charge in [0.1, 0.15) is 0 Å². The van der Waals surface area contributed by atoms with E-state index >= 15 is 0 Å². The number of ketones is 1. The molecule has 0 aromatic heterocycles. The molecule has 1 amide bonds. The van der Waals surface area contributed by atoms with Gasteiger partial charge in [0, 0.05) is 17.0 Å². The number of thioether (sulfide) groups is 1. The Kier molecular flexibility index (Phi) is 3.87. The van der Waals surface area contributed by atoms with E-state index in [-0.39, 0.29) is 11.7 Å². The van der Waals surface area contributed by atoms with Gasteiger partial charge in [-0.05, 0) is 25.5 Å². The summed E-state index contributed by atoms with van der Waals surface area (Å²) in [5.41, 5.74) is 1.50. The number of benzene rings is 1. The summed E-state index contributed by atoms with van der Waals surface area (Å²) in [5.74, 6) is 0.573. The summed E-state index contributed by atoms with van der Waals surface area (Å²) in [4.78, 5) is 26.1. The highest BCUT2D eigenvalue weighted by molar-refractivity contribution is 8.00. The molecule has 0 aliphatic carbocycles. The van der Waals surface area contributed by atoms with Gasteiger partial charge < -0.3 is 4.90 Å². The Morgan fingerprint density at radius 1 is 1.56 bits per heavy atom. The second kappa shape index (κ2) is 5.40. The molecule has 94 valence electrons. The van der Waals surface area contributed by atoms with Gasteiger partial charge in [0.25, 0.3) is 0 Å². The highest BCUT2D eigenvalue weighted by atomic mass is 32.2. The van der Waals surface area contributed by atoms with Crippen molar-refractivity contribution in [3.8, 4) is 0 Å². The van der Waals surface area contributed by atoms with E-state index in [0.29, 0.717) is 17.9 Å². The fraction of sp³-hybridized carbons (Fsp3) is 0.286. The first-order valence-electron chi connectivity index (χ1n) is 5.82. The van der Waals surface area contributed by atoms with Crippen LogP contribution in [0.15, 0.2) is 35.7 Å². The fourth-order valence-corrected chi connectivity index (χ4v) is 2.80. The first-order valence-corrected chi connectivity index (χ1v) is 6.81. The predicted molar refractivity (Wildman–Crippen MR) is 74.3 cm³/mol. The van der Waals surface area contributed by atoms with Crippen LogP contribution in [0.25, 0.3) is 0 Å². The molecule has 0 N–H and O–H groups in total. The Morgan fingerprint density at radius 2 is 2.33 bits per heavy atom. The van der Waals surface area contributed by atoms with E-state index in [2.05, 4.69) is 6.58 Å². The molecule has 0 unspecified atom stereocenters. The molecule has 0 atom stereocenters. The first kappa shape index (κ1) is 12.9. The average molecular weight is 261 g/mol. The third-order valence-corrected chi connectivity index (χ3v) is 3.91. The van der Waals surface area contributed by atoms with Crippen molar-refractivity contribution < 1.29 is 9.59 Å². The molecule has 0 fully saturated rings. The van der Waals surface area contributed by atoms with Crippen molar-refractivity contribution in [2.45, 2.75) is 18.2 Å². The van der Waals surface area contributed by atoms with Crippen molar-refractivity contribution in [1.29, 1.82) is 0 Å². The number of hydrogen-bond donors (Lipinski definition) is 0. The summed E-state index contributed by atoms with van der Waals surface area (Å²) in [6, 6.07) is 5.55. The highest BCUT2D eigenvalue weighted by Crippen LogP contribution is 2.36. The number of amides is 1. The Hall–Kier alpha value is -1.55. The maximum atomic E-state index is 11.9. The van der Waals surface area contributed by atoms with Crippen molar-refractivity contribution in [3.63, 3.8) is 0 Å². The maximum Gasteiger partial charge on any atom is 0.237 e. The molecule has 0 bridgehead atoms. The molecule has 4 heteroatoms. The van der Waals surface area contributed by atoms with E-state index in [9.17, 15) is 9.59 Å². The van der Waals surface area contributed by atoms with Gasteiger partial charge in [0.15, 0.2) is 5.78 Å². The lowest BCUT2D eigenvalue weighted by atomic mass is 10.1. The van der Waals surface area contributed by atoms with E-state index < -0.39 is 0 Å². The Balaban J connectivity index is 2.39. The third kappa shape index (κ3) is 2.48. The minimum atomic E-state index is 0.0180. The van der Waals surface area contributed by atoms with Gasteiger partial charge in [-0.15, -0.1) is 18.3 Å². The van der Waals surface area contributed by atoms with Crippen molar-refractivity contribution in [2.24, 2.45) is 0 Å². The van der Waals surface area contributed by atoms with Crippen LogP contribution in [0.4, 0.5) is 5.69 Å². The predicted octanol–water partition coefficient (Wildman–Crippen LogP) is 2.90. The van der Waals surface area contributed by atoms with Crippen LogP contribution in [0.2, 0.25) is 0 Å². The van der Waals surface area contributed by atoms with Crippen LogP contribution in [0.1, 0.15) is 23.7 Å². The molecule has 0 spiro atoms. The molecule has 3 nitrogen and oxygen atoms in total. The zero-order valence-corrected chi connectivity index (χ0v) is 11.1. The minimum Gasteiger partial charge on any atom is -0.310 e. The van der Waals surface area contributed by atoms with Gasteiger partial charge in [-0.2, -0.15) is 0 Å². The Morgan fingerprint density at radius 3 is 3.00 bits per heavy atom. The molecule has 0 saturated heterocycles. The summed E-state index contributed by atoms with van der Waals surface area (Å²) >= 11 is 1.53. The number of carbonyl (C=O) groups excluding carboxylic acids is 2. The van der Waals surface area contributed by atoms with Crippen molar-refractivity contribution in [2.75, 3.05) is 17.2 Å². The summed E-state index contributed by atoms with van der Waals surface area (Å²) in [5, 5.41) is 0. The van der Waals surface area contributed by atoms with Crippen molar-refractivity contribution >= 4 is 29.1 Å². The lowest BCUT2D eigenvalue weighted by Crippen LogP contribution is -2.36. The van der Waals surface area contributed by atoms with Crippen molar-refractivity contribution in [3.05, 3.63) is 36.4 Å². The molecule has 1 aliphatic rings. The number of hydrogen-bond acceptors (Lipinski definition) is 3. The van der Waals surface area contributed by atoms with E-state index in [0.717, 1.165) is 17.0 Å². The van der Waals surface area contributed by atoms with Gasteiger partial charge in [-0.1, -0.05) is 12.1 Å². The van der Waals surface area contributed by atoms with Gasteiger partial charge >= 0.3 is 0 Å². The zero-order chi connectivity index (χ0) is 13.1. The summed E-state index contributed by atoms with van der Waals surface area (Å²) in [7, 11) is 0. The standard InChI is InChI=1S/C14H15NO2S/c1-3-4-7-15-12-8-11(10(2)16)5-6-13(12)18-9-14(15)17/h3,5-6,8H,1,4,7,9H2,2H3. The van der Waals surface area contributed by atoms with E-state index in [1.54, 1.807) is 11.0 Å². The van der Waals surface area contributed by atoms with Gasteiger partial charge in [0.2, 0.25) is 5.91 Å². The number of nitrogens with zero attached hydrogens (tertiary/aromatic N) is 1. The molecule has 18 heavy (non-hydrogen) atoms. The quantitative estimate of drug-likeness (QED) is 0.618. The van der Waals surface area contributed by atoms with Crippen LogP contribution in [-0.4, -0.2) is 24.0 Å². The zero-order valence-electron chi connectivity index (χ0n) is 10.3. The number of carbonyl (C=O) groups is 2. The van der Waals surface area contributed by atoms with Crippen LogP contribution in [0.3, 0.4) is 0 Å². The smallest absolute Gasteiger partial charge is 0.237 e. The maximum absolute atomic E-state index is 11.9. The largest absolute Gasteiger partial charge is 0.310 e. The number of anilines is 1. The van der Waals surface area contributed by atoms with E-state index in [4.69, 9.17) is 0 Å².